The van der Waals surface area contributed by atoms with Crippen LogP contribution in [0.2, 0.25) is 0 Å². The number of likely N-dealkylation sites (N-methyl/N-ethyl adjacent to an activating group) is 1. The van der Waals surface area contributed by atoms with Gasteiger partial charge >= 0.3 is 17.9 Å². The third-order valence-electron chi connectivity index (χ3n) is 5.17. The van der Waals surface area contributed by atoms with Gasteiger partial charge in [0.05, 0.1) is 12.5 Å². The summed E-state index contributed by atoms with van der Waals surface area (Å²) in [5.74, 6) is -3.57. The first-order valence-electron chi connectivity index (χ1n) is 11.1. The summed E-state index contributed by atoms with van der Waals surface area (Å²) >= 11 is 1.20. The Labute approximate surface area is 212 Å². The van der Waals surface area contributed by atoms with Crippen molar-refractivity contribution in [2.45, 2.75) is 45.3 Å². The van der Waals surface area contributed by atoms with Crippen molar-refractivity contribution in [3.63, 3.8) is 0 Å². The molecule has 0 radical (unpaired) electrons. The van der Waals surface area contributed by atoms with Gasteiger partial charge in [0, 0.05) is 17.0 Å². The highest BCUT2D eigenvalue weighted by Gasteiger charge is 2.30. The lowest BCUT2D eigenvalue weighted by Gasteiger charge is -2.29. The molecule has 0 aliphatic heterocycles. The number of amidine groups is 1. The van der Waals surface area contributed by atoms with Crippen LogP contribution in [0.3, 0.4) is 0 Å². The number of aliphatic carboxylic acids is 2. The lowest BCUT2D eigenvalue weighted by atomic mass is 10.0. The van der Waals surface area contributed by atoms with E-state index in [1.165, 1.54) is 11.3 Å². The predicted octanol–water partition coefficient (Wildman–Crippen LogP) is 2.14. The molecule has 1 heterocycles. The van der Waals surface area contributed by atoms with E-state index in [4.69, 9.17) is 21.0 Å². The highest BCUT2D eigenvalue weighted by atomic mass is 32.1. The fourth-order valence-corrected chi connectivity index (χ4v) is 4.31. The van der Waals surface area contributed by atoms with E-state index in [2.05, 4.69) is 5.32 Å². The first-order valence-corrected chi connectivity index (χ1v) is 11.9. The Kier molecular flexibility index (Phi) is 10.1. The molecule has 0 aliphatic rings. The summed E-state index contributed by atoms with van der Waals surface area (Å²) in [5.41, 5.74) is 5.93. The second-order valence-electron chi connectivity index (χ2n) is 8.65. The Balaban J connectivity index is 2.08. The van der Waals surface area contributed by atoms with Crippen molar-refractivity contribution in [1.29, 1.82) is 5.41 Å². The zero-order valence-electron chi connectivity index (χ0n) is 20.2. The molecule has 0 fully saturated rings. The minimum Gasteiger partial charge on any atom is -0.481 e. The molecule has 36 heavy (non-hydrogen) atoms. The quantitative estimate of drug-likeness (QED) is 0.115. The van der Waals surface area contributed by atoms with Crippen LogP contribution in [0.4, 0.5) is 0 Å². The molecule has 2 aromatic rings. The van der Waals surface area contributed by atoms with Crippen molar-refractivity contribution in [3.8, 4) is 5.75 Å². The molecule has 194 valence electrons. The molecule has 2 rings (SSSR count). The third-order valence-corrected chi connectivity index (χ3v) is 6.22. The van der Waals surface area contributed by atoms with Crippen LogP contribution in [0.5, 0.6) is 5.75 Å². The Morgan fingerprint density at radius 1 is 1.11 bits per heavy atom. The number of nitrogens with zero attached hydrogens (tertiary/aromatic N) is 1. The number of esters is 1. The van der Waals surface area contributed by atoms with E-state index in [-0.39, 0.29) is 11.8 Å². The van der Waals surface area contributed by atoms with Crippen molar-refractivity contribution in [3.05, 3.63) is 51.7 Å². The van der Waals surface area contributed by atoms with Crippen molar-refractivity contribution in [2.75, 3.05) is 7.05 Å². The Morgan fingerprint density at radius 3 is 2.28 bits per heavy atom. The summed E-state index contributed by atoms with van der Waals surface area (Å²) in [7, 11) is 1.70. The largest absolute Gasteiger partial charge is 0.481 e. The van der Waals surface area contributed by atoms with Crippen molar-refractivity contribution >= 4 is 41.0 Å². The van der Waals surface area contributed by atoms with Gasteiger partial charge in [-0.3, -0.25) is 19.9 Å². The maximum Gasteiger partial charge on any atom is 0.353 e. The number of carboxylic acid groups (broad SMARTS) is 2. The van der Waals surface area contributed by atoms with E-state index >= 15 is 0 Å². The number of hydrogen-bond acceptors (Lipinski definition) is 8. The van der Waals surface area contributed by atoms with E-state index < -0.39 is 42.3 Å². The number of carbonyl (C=O) groups excluding carboxylic acids is 2. The number of thiophene rings is 1. The Hall–Kier alpha value is -3.77. The van der Waals surface area contributed by atoms with Gasteiger partial charge in [-0.05, 0) is 55.8 Å². The number of rotatable bonds is 13. The molecule has 1 aromatic carbocycles. The minimum atomic E-state index is -1.54. The predicted molar refractivity (Wildman–Crippen MR) is 133 cm³/mol. The van der Waals surface area contributed by atoms with Gasteiger partial charge in [0.25, 0.3) is 0 Å². The molecular formula is C24H30N4O7S. The second kappa shape index (κ2) is 12.8. The van der Waals surface area contributed by atoms with Crippen molar-refractivity contribution in [1.82, 2.24) is 10.2 Å². The standard InChI is InChI=1S/C24H30N4O7S/c1-13(2)10-18(22(31)27-17(23(32)33)11-20(29)30)28(3)12-16-8-9-19(36-16)24(34)35-15-6-4-14(5-7-15)21(25)26/h4-9,13,17-18H,10-12H2,1-3H3,(H3,25,26)(H,27,31)(H,29,30)(H,32,33)/t17-,18-/m0/s1. The summed E-state index contributed by atoms with van der Waals surface area (Å²) in [6.07, 6.45) is -0.314. The molecule has 1 amide bonds. The Morgan fingerprint density at radius 2 is 1.75 bits per heavy atom. The van der Waals surface area contributed by atoms with Gasteiger partial charge in [-0.1, -0.05) is 13.8 Å². The molecule has 0 saturated heterocycles. The van der Waals surface area contributed by atoms with Crippen LogP contribution in [0, 0.1) is 11.3 Å². The molecule has 0 bridgehead atoms. The van der Waals surface area contributed by atoms with Gasteiger partial charge in [-0.2, -0.15) is 0 Å². The van der Waals surface area contributed by atoms with E-state index in [1.807, 2.05) is 13.8 Å². The summed E-state index contributed by atoms with van der Waals surface area (Å²) in [5, 5.41) is 27.9. The van der Waals surface area contributed by atoms with Crippen molar-refractivity contribution < 1.29 is 34.1 Å². The molecule has 6 N–H and O–H groups in total. The number of hydrogen-bond donors (Lipinski definition) is 5. The maximum atomic E-state index is 12.9. The molecule has 11 nitrogen and oxygen atoms in total. The number of carbonyl (C=O) groups is 4. The van der Waals surface area contributed by atoms with Crippen LogP contribution in [-0.2, 0) is 20.9 Å². The lowest BCUT2D eigenvalue weighted by molar-refractivity contribution is -0.147. The van der Waals surface area contributed by atoms with Crippen LogP contribution >= 0.6 is 11.3 Å². The number of carboxylic acids is 2. The number of nitrogens with one attached hydrogen (secondary N) is 2. The molecule has 0 unspecified atom stereocenters. The number of benzene rings is 1. The number of nitrogen functional groups attached to an aromatic ring is 1. The van der Waals surface area contributed by atoms with Gasteiger partial charge in [0.15, 0.2) is 0 Å². The number of amides is 1. The molecular weight excluding hydrogens is 488 g/mol. The van der Waals surface area contributed by atoms with E-state index in [0.29, 0.717) is 29.2 Å². The zero-order chi connectivity index (χ0) is 27.0. The normalized spacial score (nSPS) is 12.7. The van der Waals surface area contributed by atoms with E-state index in [9.17, 15) is 24.3 Å². The highest BCUT2D eigenvalue weighted by molar-refractivity contribution is 7.13. The average molecular weight is 519 g/mol. The molecule has 0 spiro atoms. The van der Waals surface area contributed by atoms with Crippen molar-refractivity contribution in [2.24, 2.45) is 11.7 Å². The molecule has 0 saturated carbocycles. The SMILES string of the molecule is CC(C)C[C@@H](C(=O)N[C@@H](CC(=O)O)C(=O)O)N(C)Cc1ccc(C(=O)Oc2ccc(C(=N)N)cc2)s1. The smallest absolute Gasteiger partial charge is 0.353 e. The molecule has 12 heteroatoms. The Bertz CT molecular complexity index is 1110. The van der Waals surface area contributed by atoms with Gasteiger partial charge < -0.3 is 26.0 Å². The van der Waals surface area contributed by atoms with Gasteiger partial charge in [-0.15, -0.1) is 11.3 Å². The topological polar surface area (TPSA) is 183 Å². The maximum absolute atomic E-state index is 12.9. The summed E-state index contributed by atoms with van der Waals surface area (Å²) in [6.45, 7) is 4.14. The first kappa shape index (κ1) is 28.5. The molecule has 0 aliphatic carbocycles. The van der Waals surface area contributed by atoms with Gasteiger partial charge in [-0.25, -0.2) is 9.59 Å². The third kappa shape index (κ3) is 8.47. The lowest BCUT2D eigenvalue weighted by Crippen LogP contribution is -2.51. The summed E-state index contributed by atoms with van der Waals surface area (Å²) in [4.78, 5) is 50.6. The first-order chi connectivity index (χ1) is 16.9. The van der Waals surface area contributed by atoms with Gasteiger partial charge in [0.1, 0.15) is 22.5 Å². The molecule has 1 aromatic heterocycles. The van der Waals surface area contributed by atoms with Crippen LogP contribution < -0.4 is 15.8 Å². The van der Waals surface area contributed by atoms with Crippen LogP contribution in [0.15, 0.2) is 36.4 Å². The average Bonchev–Trinajstić information content (AvgIpc) is 3.25. The minimum absolute atomic E-state index is 0.0929. The van der Waals surface area contributed by atoms with Crippen LogP contribution in [0.1, 0.15) is 46.8 Å². The fraction of sp³-hybridized carbons (Fsp3) is 0.375. The van der Waals surface area contributed by atoms with Gasteiger partial charge in [0.2, 0.25) is 5.91 Å². The molecule has 2 atom stereocenters. The summed E-state index contributed by atoms with van der Waals surface area (Å²) in [6, 6.07) is 7.34. The number of ether oxygens (including phenoxy) is 1. The van der Waals surface area contributed by atoms with E-state index in [1.54, 1.807) is 48.3 Å². The zero-order valence-corrected chi connectivity index (χ0v) is 21.0. The number of nitrogens with two attached hydrogens (primary N) is 1. The fourth-order valence-electron chi connectivity index (χ4n) is 3.36. The van der Waals surface area contributed by atoms with Crippen LogP contribution in [-0.4, -0.2) is 63.9 Å². The second-order valence-corrected chi connectivity index (χ2v) is 9.82. The van der Waals surface area contributed by atoms with Crippen LogP contribution in [0.25, 0.3) is 0 Å². The monoisotopic (exact) mass is 518 g/mol. The van der Waals surface area contributed by atoms with E-state index in [0.717, 1.165) is 4.88 Å². The highest BCUT2D eigenvalue weighted by Crippen LogP contribution is 2.23. The summed E-state index contributed by atoms with van der Waals surface area (Å²) < 4.78 is 5.37.